The lowest BCUT2D eigenvalue weighted by Crippen LogP contribution is -2.31. The van der Waals surface area contributed by atoms with Gasteiger partial charge in [-0.2, -0.15) is 4.98 Å². The molecule has 170 valence electrons. The fraction of sp³-hybridized carbons (Fsp3) is 0.318. The number of nitrogens with zero attached hydrogens (tertiary/aromatic N) is 2. The maximum Gasteiger partial charge on any atom is 0.251 e. The minimum Gasteiger partial charge on any atom is -0.485 e. The number of ether oxygens (including phenoxy) is 1. The monoisotopic (exact) mass is 458 g/mol. The number of amides is 1. The smallest absolute Gasteiger partial charge is 0.251 e. The van der Waals surface area contributed by atoms with Crippen molar-refractivity contribution < 1.29 is 22.5 Å². The summed E-state index contributed by atoms with van der Waals surface area (Å²) in [6, 6.07) is 13.6. The van der Waals surface area contributed by atoms with Crippen LogP contribution in [0, 0.1) is 6.92 Å². The number of hydrogen-bond donors (Lipinski definition) is 2. The van der Waals surface area contributed by atoms with Crippen LogP contribution in [-0.4, -0.2) is 30.5 Å². The summed E-state index contributed by atoms with van der Waals surface area (Å²) in [5, 5.41) is 6.59. The fourth-order valence-electron chi connectivity index (χ4n) is 3.00. The molecule has 0 bridgehead atoms. The number of aryl methyl sites for hydroxylation is 1. The molecule has 0 radical (unpaired) electrons. The van der Waals surface area contributed by atoms with Crippen molar-refractivity contribution in [1.82, 2.24) is 20.2 Å². The van der Waals surface area contributed by atoms with E-state index in [0.717, 1.165) is 5.56 Å². The second-order valence-electron chi connectivity index (χ2n) is 7.53. The highest BCUT2D eigenvalue weighted by atomic mass is 32.2. The topological polar surface area (TPSA) is 123 Å². The lowest BCUT2D eigenvalue weighted by Gasteiger charge is -2.13. The number of hydrogen-bond acceptors (Lipinski definition) is 7. The minimum absolute atomic E-state index is 0.150. The maximum absolute atomic E-state index is 12.5. The molecule has 32 heavy (non-hydrogen) atoms. The van der Waals surface area contributed by atoms with Crippen LogP contribution in [0.1, 0.15) is 47.0 Å². The van der Waals surface area contributed by atoms with Crippen molar-refractivity contribution in [3.63, 3.8) is 0 Å². The zero-order chi connectivity index (χ0) is 23.1. The standard InChI is InChI=1S/C22H26N4O5S/c1-15(2)26-32(28,29)14-19-7-5-4-6-18(19)12-23-22(27)17-8-10-20(11-9-17)30-13-21-24-16(3)31-25-21/h4-11,15,26H,12-14H2,1-3H3,(H,23,27). The minimum atomic E-state index is -3.47. The van der Waals surface area contributed by atoms with Gasteiger partial charge in [-0.05, 0) is 49.2 Å². The first-order valence-corrected chi connectivity index (χ1v) is 11.7. The Morgan fingerprint density at radius 3 is 2.41 bits per heavy atom. The van der Waals surface area contributed by atoms with E-state index >= 15 is 0 Å². The Balaban J connectivity index is 1.57. The average molecular weight is 459 g/mol. The summed E-state index contributed by atoms with van der Waals surface area (Å²) in [4.78, 5) is 16.6. The van der Waals surface area contributed by atoms with Crippen LogP contribution in [0.2, 0.25) is 0 Å². The zero-order valence-corrected chi connectivity index (χ0v) is 19.0. The van der Waals surface area contributed by atoms with Gasteiger partial charge < -0.3 is 14.6 Å². The van der Waals surface area contributed by atoms with E-state index in [9.17, 15) is 13.2 Å². The van der Waals surface area contributed by atoms with Crippen molar-refractivity contribution >= 4 is 15.9 Å². The molecule has 2 N–H and O–H groups in total. The Morgan fingerprint density at radius 2 is 1.78 bits per heavy atom. The van der Waals surface area contributed by atoms with Gasteiger partial charge in [-0.3, -0.25) is 4.79 Å². The number of aromatic nitrogens is 2. The van der Waals surface area contributed by atoms with Crippen LogP contribution in [0.4, 0.5) is 0 Å². The first kappa shape index (κ1) is 23.4. The van der Waals surface area contributed by atoms with Crippen molar-refractivity contribution in [2.75, 3.05) is 0 Å². The summed E-state index contributed by atoms with van der Waals surface area (Å²) >= 11 is 0. The molecule has 2 aromatic carbocycles. The molecule has 10 heteroatoms. The van der Waals surface area contributed by atoms with Crippen LogP contribution in [0.25, 0.3) is 0 Å². The molecular weight excluding hydrogens is 432 g/mol. The molecule has 0 aliphatic rings. The average Bonchev–Trinajstić information content (AvgIpc) is 3.15. The Kier molecular flexibility index (Phi) is 7.60. The van der Waals surface area contributed by atoms with E-state index < -0.39 is 10.0 Å². The van der Waals surface area contributed by atoms with E-state index in [1.807, 2.05) is 6.07 Å². The van der Waals surface area contributed by atoms with Gasteiger partial charge >= 0.3 is 0 Å². The van der Waals surface area contributed by atoms with Crippen LogP contribution < -0.4 is 14.8 Å². The van der Waals surface area contributed by atoms with Crippen LogP contribution in [-0.2, 0) is 28.9 Å². The highest BCUT2D eigenvalue weighted by molar-refractivity contribution is 7.88. The van der Waals surface area contributed by atoms with Crippen LogP contribution in [0.15, 0.2) is 53.1 Å². The third kappa shape index (κ3) is 6.89. The number of carbonyl (C=O) groups excluding carboxylic acids is 1. The number of benzene rings is 2. The van der Waals surface area contributed by atoms with E-state index in [2.05, 4.69) is 20.2 Å². The summed E-state index contributed by atoms with van der Waals surface area (Å²) in [5.41, 5.74) is 1.84. The molecule has 1 aromatic heterocycles. The first-order chi connectivity index (χ1) is 15.2. The van der Waals surface area contributed by atoms with E-state index in [1.54, 1.807) is 63.2 Å². The molecule has 0 aliphatic heterocycles. The van der Waals surface area contributed by atoms with Gasteiger partial charge in [0.25, 0.3) is 5.91 Å². The first-order valence-electron chi connectivity index (χ1n) is 10.1. The molecule has 9 nitrogen and oxygen atoms in total. The molecule has 0 unspecified atom stereocenters. The number of carbonyl (C=O) groups is 1. The Morgan fingerprint density at radius 1 is 1.09 bits per heavy atom. The molecule has 3 aromatic rings. The van der Waals surface area contributed by atoms with E-state index in [4.69, 9.17) is 9.26 Å². The van der Waals surface area contributed by atoms with Gasteiger partial charge in [0.15, 0.2) is 6.61 Å². The fourth-order valence-corrected chi connectivity index (χ4v) is 4.50. The molecule has 0 atom stereocenters. The number of sulfonamides is 1. The number of nitrogens with one attached hydrogen (secondary N) is 2. The van der Waals surface area contributed by atoms with Crippen LogP contribution in [0.5, 0.6) is 5.75 Å². The normalized spacial score (nSPS) is 11.5. The maximum atomic E-state index is 12.5. The molecule has 1 heterocycles. The second kappa shape index (κ2) is 10.4. The van der Waals surface area contributed by atoms with Gasteiger partial charge in [-0.15, -0.1) is 0 Å². The van der Waals surface area contributed by atoms with Gasteiger partial charge in [0, 0.05) is 25.1 Å². The molecule has 1 amide bonds. The Labute approximate surface area is 187 Å². The lowest BCUT2D eigenvalue weighted by atomic mass is 10.1. The summed E-state index contributed by atoms with van der Waals surface area (Å²) in [7, 11) is -3.47. The van der Waals surface area contributed by atoms with Crippen molar-refractivity contribution in [3.05, 3.63) is 76.9 Å². The van der Waals surface area contributed by atoms with E-state index in [0.29, 0.717) is 28.6 Å². The summed E-state index contributed by atoms with van der Waals surface area (Å²) in [6.45, 7) is 5.61. The van der Waals surface area contributed by atoms with Gasteiger partial charge in [0.2, 0.25) is 21.7 Å². The largest absolute Gasteiger partial charge is 0.485 e. The summed E-state index contributed by atoms with van der Waals surface area (Å²) < 4.78 is 37.6. The van der Waals surface area contributed by atoms with Crippen LogP contribution >= 0.6 is 0 Å². The third-order valence-corrected chi connectivity index (χ3v) is 5.89. The molecule has 0 spiro atoms. The molecule has 0 saturated heterocycles. The summed E-state index contributed by atoms with van der Waals surface area (Å²) in [6.07, 6.45) is 0. The molecule has 0 aliphatic carbocycles. The summed E-state index contributed by atoms with van der Waals surface area (Å²) in [5.74, 6) is 1.04. The predicted octanol–water partition coefficient (Wildman–Crippen LogP) is 2.71. The Hall–Kier alpha value is -3.24. The quantitative estimate of drug-likeness (QED) is 0.479. The van der Waals surface area contributed by atoms with Crippen molar-refractivity contribution in [2.24, 2.45) is 0 Å². The molecular formula is C22H26N4O5S. The predicted molar refractivity (Wildman–Crippen MR) is 118 cm³/mol. The van der Waals surface area contributed by atoms with Gasteiger partial charge in [0.1, 0.15) is 5.75 Å². The van der Waals surface area contributed by atoms with Crippen molar-refractivity contribution in [3.8, 4) is 5.75 Å². The molecule has 0 saturated carbocycles. The van der Waals surface area contributed by atoms with Gasteiger partial charge in [-0.1, -0.05) is 29.4 Å². The van der Waals surface area contributed by atoms with Gasteiger partial charge in [0.05, 0.1) is 5.75 Å². The SMILES string of the molecule is Cc1nc(COc2ccc(C(=O)NCc3ccccc3CS(=O)(=O)NC(C)C)cc2)no1. The molecule has 0 fully saturated rings. The van der Waals surface area contributed by atoms with E-state index in [-0.39, 0.29) is 30.9 Å². The zero-order valence-electron chi connectivity index (χ0n) is 18.2. The van der Waals surface area contributed by atoms with E-state index in [1.165, 1.54) is 0 Å². The lowest BCUT2D eigenvalue weighted by molar-refractivity contribution is 0.0951. The van der Waals surface area contributed by atoms with Crippen molar-refractivity contribution in [1.29, 1.82) is 0 Å². The van der Waals surface area contributed by atoms with Gasteiger partial charge in [-0.25, -0.2) is 13.1 Å². The molecule has 3 rings (SSSR count). The third-order valence-electron chi connectivity index (χ3n) is 4.37. The van der Waals surface area contributed by atoms with Crippen molar-refractivity contribution in [2.45, 2.75) is 45.7 Å². The highest BCUT2D eigenvalue weighted by Crippen LogP contribution is 2.15. The Bertz CT molecular complexity index is 1160. The van der Waals surface area contributed by atoms with Crippen LogP contribution in [0.3, 0.4) is 0 Å². The highest BCUT2D eigenvalue weighted by Gasteiger charge is 2.16. The second-order valence-corrected chi connectivity index (χ2v) is 9.28. The number of rotatable bonds is 10.